The molecule has 0 aromatic heterocycles. The van der Waals surface area contributed by atoms with Crippen LogP contribution in [0.5, 0.6) is 23.0 Å². The Morgan fingerprint density at radius 3 is 1.30 bits per heavy atom. The second-order valence-corrected chi connectivity index (χ2v) is 8.08. The van der Waals surface area contributed by atoms with Crippen LogP contribution in [0.1, 0.15) is 15.9 Å². The monoisotopic (exact) mass is 488 g/mol. The van der Waals surface area contributed by atoms with Crippen LogP contribution >= 0.6 is 0 Å². The lowest BCUT2D eigenvalue weighted by Crippen LogP contribution is -2.45. The van der Waals surface area contributed by atoms with Crippen molar-refractivity contribution in [2.75, 3.05) is 0 Å². The van der Waals surface area contributed by atoms with Crippen molar-refractivity contribution in [3.8, 4) is 23.0 Å². The maximum absolute atomic E-state index is 13.0. The molecule has 0 aliphatic heterocycles. The number of carbonyl (C=O) groups excluding carboxylic acids is 1. The van der Waals surface area contributed by atoms with Gasteiger partial charge in [0.05, 0.1) is 11.1 Å². The van der Waals surface area contributed by atoms with E-state index in [4.69, 9.17) is 18.9 Å². The zero-order chi connectivity index (χ0) is 25.3. The molecule has 0 unspecified atom stereocenters. The van der Waals surface area contributed by atoms with Gasteiger partial charge >= 0.3 is 11.9 Å². The van der Waals surface area contributed by atoms with E-state index in [2.05, 4.69) is 0 Å². The van der Waals surface area contributed by atoms with E-state index in [-0.39, 0.29) is 0 Å². The van der Waals surface area contributed by atoms with E-state index in [9.17, 15) is 4.79 Å². The minimum atomic E-state index is -1.77. The van der Waals surface area contributed by atoms with Gasteiger partial charge in [-0.05, 0) is 66.7 Å². The standard InChI is InChI=1S/C32H24O5/c33-31(34-27-16-5-1-6-17-27)25-14-13-15-26(24-25)32(35-28-18-7-2-8-19-28,36-29-20-9-3-10-21-29)37-30-22-11-4-12-23-30/h1-24H. The topological polar surface area (TPSA) is 54.0 Å². The second-order valence-electron chi connectivity index (χ2n) is 8.08. The molecule has 0 bridgehead atoms. The van der Waals surface area contributed by atoms with Gasteiger partial charge in [-0.3, -0.25) is 0 Å². The van der Waals surface area contributed by atoms with Crippen molar-refractivity contribution >= 4 is 5.97 Å². The van der Waals surface area contributed by atoms with Crippen LogP contribution in [0.25, 0.3) is 0 Å². The fourth-order valence-corrected chi connectivity index (χ4v) is 3.66. The van der Waals surface area contributed by atoms with Crippen molar-refractivity contribution in [2.45, 2.75) is 5.97 Å². The van der Waals surface area contributed by atoms with Crippen molar-refractivity contribution in [1.82, 2.24) is 0 Å². The fourth-order valence-electron chi connectivity index (χ4n) is 3.66. The molecule has 0 amide bonds. The molecule has 0 aliphatic rings. The van der Waals surface area contributed by atoms with Crippen LogP contribution < -0.4 is 18.9 Å². The second kappa shape index (κ2) is 11.1. The first-order valence-electron chi connectivity index (χ1n) is 11.8. The van der Waals surface area contributed by atoms with Crippen LogP contribution in [0.3, 0.4) is 0 Å². The predicted octanol–water partition coefficient (Wildman–Crippen LogP) is 7.25. The van der Waals surface area contributed by atoms with Gasteiger partial charge in [-0.15, -0.1) is 0 Å². The molecule has 0 heterocycles. The van der Waals surface area contributed by atoms with E-state index in [0.717, 1.165) is 0 Å². The number of hydrogen-bond donors (Lipinski definition) is 0. The number of hydrogen-bond acceptors (Lipinski definition) is 5. The van der Waals surface area contributed by atoms with Gasteiger partial charge in [-0.2, -0.15) is 0 Å². The number of rotatable bonds is 9. The van der Waals surface area contributed by atoms with Crippen LogP contribution in [0, 0.1) is 0 Å². The minimum Gasteiger partial charge on any atom is -0.423 e. The van der Waals surface area contributed by atoms with Crippen LogP contribution in [0.2, 0.25) is 0 Å². The van der Waals surface area contributed by atoms with Gasteiger partial charge in [0.25, 0.3) is 0 Å². The molecule has 0 radical (unpaired) electrons. The first-order chi connectivity index (χ1) is 18.2. The third-order valence-electron chi connectivity index (χ3n) is 5.39. The molecule has 37 heavy (non-hydrogen) atoms. The Bertz CT molecular complexity index is 1320. The molecule has 0 N–H and O–H groups in total. The van der Waals surface area contributed by atoms with Crippen LogP contribution in [0.4, 0.5) is 0 Å². The zero-order valence-electron chi connectivity index (χ0n) is 19.9. The Balaban J connectivity index is 1.59. The Hall–Kier alpha value is -5.03. The molecule has 0 saturated carbocycles. The van der Waals surface area contributed by atoms with Crippen molar-refractivity contribution in [1.29, 1.82) is 0 Å². The summed E-state index contributed by atoms with van der Waals surface area (Å²) in [6.45, 7) is 0. The summed E-state index contributed by atoms with van der Waals surface area (Å²) in [7, 11) is 0. The van der Waals surface area contributed by atoms with Gasteiger partial charge in [-0.1, -0.05) is 78.9 Å². The molecule has 0 saturated heterocycles. The zero-order valence-corrected chi connectivity index (χ0v) is 19.9. The highest BCUT2D eigenvalue weighted by molar-refractivity contribution is 5.91. The molecule has 0 aliphatic carbocycles. The molecule has 5 heteroatoms. The average molecular weight is 489 g/mol. The minimum absolute atomic E-state index is 0.315. The summed E-state index contributed by atoms with van der Waals surface area (Å²) in [6.07, 6.45) is 0. The normalized spacial score (nSPS) is 10.8. The van der Waals surface area contributed by atoms with E-state index in [1.165, 1.54) is 0 Å². The van der Waals surface area contributed by atoms with Crippen molar-refractivity contribution in [3.63, 3.8) is 0 Å². The molecule has 5 rings (SSSR count). The van der Waals surface area contributed by atoms with Gasteiger partial charge in [0, 0.05) is 0 Å². The first-order valence-corrected chi connectivity index (χ1v) is 11.8. The van der Waals surface area contributed by atoms with E-state index >= 15 is 0 Å². The fraction of sp³-hybridized carbons (Fsp3) is 0.0312. The van der Waals surface area contributed by atoms with E-state index in [1.807, 2.05) is 97.1 Å². The van der Waals surface area contributed by atoms with Crippen LogP contribution in [-0.4, -0.2) is 5.97 Å². The van der Waals surface area contributed by atoms with Gasteiger partial charge < -0.3 is 18.9 Å². The Labute approximate surface area is 215 Å². The number of para-hydroxylation sites is 4. The molecule has 5 aromatic rings. The van der Waals surface area contributed by atoms with Crippen LogP contribution in [-0.2, 0) is 5.97 Å². The third kappa shape index (κ3) is 5.97. The lowest BCUT2D eigenvalue weighted by Gasteiger charge is -2.34. The maximum atomic E-state index is 13.0. The first kappa shape index (κ1) is 23.7. The predicted molar refractivity (Wildman–Crippen MR) is 141 cm³/mol. The number of ether oxygens (including phenoxy) is 4. The SMILES string of the molecule is O=C(Oc1ccccc1)c1cccc(C(Oc2ccccc2)(Oc2ccccc2)Oc2ccccc2)c1. The van der Waals surface area contributed by atoms with Gasteiger partial charge in [0.2, 0.25) is 0 Å². The number of carbonyl (C=O) groups is 1. The quantitative estimate of drug-likeness (QED) is 0.124. The Morgan fingerprint density at radius 2 is 0.865 bits per heavy atom. The summed E-state index contributed by atoms with van der Waals surface area (Å²) in [6, 6.07) is 43.5. The molecule has 182 valence electrons. The van der Waals surface area contributed by atoms with E-state index in [0.29, 0.717) is 34.1 Å². The van der Waals surface area contributed by atoms with Gasteiger partial charge in [-0.25, -0.2) is 4.79 Å². The molecular weight excluding hydrogens is 464 g/mol. The lowest BCUT2D eigenvalue weighted by molar-refractivity contribution is -0.263. The Kier molecular flexibility index (Phi) is 7.14. The summed E-state index contributed by atoms with van der Waals surface area (Å²) in [5.41, 5.74) is 0.780. The van der Waals surface area contributed by atoms with Crippen LogP contribution in [0.15, 0.2) is 146 Å². The highest BCUT2D eigenvalue weighted by Gasteiger charge is 2.42. The summed E-state index contributed by atoms with van der Waals surface area (Å²) < 4.78 is 24.9. The number of benzene rings is 5. The molecule has 5 aromatic carbocycles. The van der Waals surface area contributed by atoms with E-state index < -0.39 is 11.9 Å². The highest BCUT2D eigenvalue weighted by atomic mass is 16.9. The summed E-state index contributed by atoms with van der Waals surface area (Å²) in [5, 5.41) is 0. The summed E-state index contributed by atoms with van der Waals surface area (Å²) in [5.74, 6) is -0.274. The molecule has 5 nitrogen and oxygen atoms in total. The molecular formula is C32H24O5. The highest BCUT2D eigenvalue weighted by Crippen LogP contribution is 2.35. The van der Waals surface area contributed by atoms with Gasteiger partial charge in [0.15, 0.2) is 0 Å². The molecule has 0 fully saturated rings. The largest absolute Gasteiger partial charge is 0.447 e. The molecule has 0 atom stereocenters. The smallest absolute Gasteiger partial charge is 0.423 e. The van der Waals surface area contributed by atoms with E-state index in [1.54, 1.807) is 48.5 Å². The summed E-state index contributed by atoms with van der Waals surface area (Å²) in [4.78, 5) is 13.0. The lowest BCUT2D eigenvalue weighted by atomic mass is 10.1. The Morgan fingerprint density at radius 1 is 0.459 bits per heavy atom. The average Bonchev–Trinajstić information content (AvgIpc) is 2.95. The van der Waals surface area contributed by atoms with Crippen molar-refractivity contribution in [3.05, 3.63) is 157 Å². The number of esters is 1. The summed E-state index contributed by atoms with van der Waals surface area (Å²) >= 11 is 0. The molecule has 0 spiro atoms. The maximum Gasteiger partial charge on any atom is 0.447 e. The van der Waals surface area contributed by atoms with Gasteiger partial charge in [0.1, 0.15) is 23.0 Å². The third-order valence-corrected chi connectivity index (χ3v) is 5.39. The van der Waals surface area contributed by atoms with Crippen molar-refractivity contribution < 1.29 is 23.7 Å². The van der Waals surface area contributed by atoms with Crippen molar-refractivity contribution in [2.24, 2.45) is 0 Å².